The third-order valence-corrected chi connectivity index (χ3v) is 5.53. The van der Waals surface area contributed by atoms with Crippen molar-refractivity contribution in [3.8, 4) is 11.4 Å². The summed E-state index contributed by atoms with van der Waals surface area (Å²) < 4.78 is 7.20. The fourth-order valence-corrected chi connectivity index (χ4v) is 4.24. The Labute approximate surface area is 165 Å². The van der Waals surface area contributed by atoms with Gasteiger partial charge in [0.1, 0.15) is 5.75 Å². The van der Waals surface area contributed by atoms with Gasteiger partial charge in [-0.1, -0.05) is 25.3 Å². The predicted molar refractivity (Wildman–Crippen MR) is 110 cm³/mol. The first-order valence-electron chi connectivity index (χ1n) is 9.89. The molecule has 1 aromatic heterocycles. The smallest absolute Gasteiger partial charge is 0.181 e. The largest absolute Gasteiger partial charge is 0.497 e. The Morgan fingerprint density at radius 1 is 0.964 bits per heavy atom. The number of tetrazole rings is 1. The highest BCUT2D eigenvalue weighted by atomic mass is 16.5. The summed E-state index contributed by atoms with van der Waals surface area (Å²) in [5.41, 5.74) is 4.19. The minimum absolute atomic E-state index is 0.284. The molecule has 4 rings (SSSR count). The lowest BCUT2D eigenvalue weighted by molar-refractivity contribution is 0.309. The van der Waals surface area contributed by atoms with Gasteiger partial charge in [0, 0.05) is 5.69 Å². The molecule has 0 spiro atoms. The van der Waals surface area contributed by atoms with E-state index in [1.807, 2.05) is 16.8 Å². The number of hydrogen-bond donors (Lipinski definition) is 1. The normalized spacial score (nSPS) is 16.0. The average Bonchev–Trinajstić information content (AvgIpc) is 3.19. The van der Waals surface area contributed by atoms with Crippen LogP contribution in [0.3, 0.4) is 0 Å². The van der Waals surface area contributed by atoms with Crippen molar-refractivity contribution in [3.63, 3.8) is 0 Å². The highest BCUT2D eigenvalue weighted by molar-refractivity contribution is 5.50. The number of ether oxygens (including phenoxy) is 1. The van der Waals surface area contributed by atoms with Crippen LogP contribution in [0.2, 0.25) is 0 Å². The Bertz CT molecular complexity index is 922. The van der Waals surface area contributed by atoms with Crippen molar-refractivity contribution in [2.24, 2.45) is 0 Å². The van der Waals surface area contributed by atoms with Crippen LogP contribution in [-0.2, 0) is 5.54 Å². The van der Waals surface area contributed by atoms with Gasteiger partial charge in [-0.3, -0.25) is 0 Å². The lowest BCUT2D eigenvalue weighted by Gasteiger charge is -2.37. The van der Waals surface area contributed by atoms with Gasteiger partial charge in [0.25, 0.3) is 0 Å². The zero-order chi connectivity index (χ0) is 19.6. The lowest BCUT2D eigenvalue weighted by Crippen LogP contribution is -2.40. The van der Waals surface area contributed by atoms with E-state index in [0.717, 1.165) is 48.6 Å². The number of hydrogen-bond acceptors (Lipinski definition) is 5. The summed E-state index contributed by atoms with van der Waals surface area (Å²) in [5, 5.41) is 16.7. The van der Waals surface area contributed by atoms with Gasteiger partial charge < -0.3 is 10.1 Å². The van der Waals surface area contributed by atoms with Crippen molar-refractivity contribution in [1.82, 2.24) is 20.2 Å². The summed E-state index contributed by atoms with van der Waals surface area (Å²) in [4.78, 5) is 0. The molecule has 1 N–H and O–H groups in total. The van der Waals surface area contributed by atoms with E-state index >= 15 is 0 Å². The van der Waals surface area contributed by atoms with E-state index in [4.69, 9.17) is 4.74 Å². The third kappa shape index (κ3) is 3.59. The monoisotopic (exact) mass is 377 g/mol. The van der Waals surface area contributed by atoms with E-state index < -0.39 is 0 Å². The summed E-state index contributed by atoms with van der Waals surface area (Å²) in [5.74, 6) is 1.73. The Morgan fingerprint density at radius 3 is 2.29 bits per heavy atom. The van der Waals surface area contributed by atoms with Crippen LogP contribution in [0.1, 0.15) is 49.1 Å². The van der Waals surface area contributed by atoms with E-state index in [1.54, 1.807) is 7.11 Å². The van der Waals surface area contributed by atoms with Gasteiger partial charge >= 0.3 is 0 Å². The molecule has 0 atom stereocenters. The predicted octanol–water partition coefficient (Wildman–Crippen LogP) is 4.56. The Balaban J connectivity index is 1.75. The SMILES string of the molecule is COc1ccc(NC2(c3nnnn3-c3cc(C)cc(C)c3)CCCCC2)cc1. The zero-order valence-electron chi connectivity index (χ0n) is 16.8. The highest BCUT2D eigenvalue weighted by Crippen LogP contribution is 2.40. The summed E-state index contributed by atoms with van der Waals surface area (Å²) >= 11 is 0. The molecule has 28 heavy (non-hydrogen) atoms. The van der Waals surface area contributed by atoms with Crippen LogP contribution < -0.4 is 10.1 Å². The molecule has 6 heteroatoms. The van der Waals surface area contributed by atoms with Crippen LogP contribution in [0, 0.1) is 13.8 Å². The topological polar surface area (TPSA) is 64.9 Å². The van der Waals surface area contributed by atoms with Crippen LogP contribution in [0.4, 0.5) is 5.69 Å². The van der Waals surface area contributed by atoms with Gasteiger partial charge in [-0.05, 0) is 84.6 Å². The summed E-state index contributed by atoms with van der Waals surface area (Å²) in [7, 11) is 1.68. The van der Waals surface area contributed by atoms with E-state index in [2.05, 4.69) is 65.0 Å². The van der Waals surface area contributed by atoms with Crippen molar-refractivity contribution >= 4 is 5.69 Å². The van der Waals surface area contributed by atoms with Crippen molar-refractivity contribution < 1.29 is 4.74 Å². The van der Waals surface area contributed by atoms with Gasteiger partial charge in [0.05, 0.1) is 18.3 Å². The number of methoxy groups -OCH3 is 1. The molecule has 1 heterocycles. The first-order valence-corrected chi connectivity index (χ1v) is 9.89. The molecular formula is C22H27N5O. The van der Waals surface area contributed by atoms with Crippen LogP contribution in [0.15, 0.2) is 42.5 Å². The second-order valence-corrected chi connectivity index (χ2v) is 7.76. The second kappa shape index (κ2) is 7.62. The maximum atomic E-state index is 5.29. The first-order chi connectivity index (χ1) is 13.6. The van der Waals surface area contributed by atoms with E-state index in [-0.39, 0.29) is 5.54 Å². The van der Waals surface area contributed by atoms with Crippen LogP contribution in [0.25, 0.3) is 5.69 Å². The number of benzene rings is 2. The number of aromatic nitrogens is 4. The molecule has 0 unspecified atom stereocenters. The number of nitrogens with zero attached hydrogens (tertiary/aromatic N) is 4. The maximum absolute atomic E-state index is 5.29. The first kappa shape index (κ1) is 18.5. The number of rotatable bonds is 5. The number of aryl methyl sites for hydroxylation is 2. The van der Waals surface area contributed by atoms with Gasteiger partial charge in [0.2, 0.25) is 0 Å². The van der Waals surface area contributed by atoms with Gasteiger partial charge in [-0.25, -0.2) is 0 Å². The molecule has 0 amide bonds. The molecule has 2 aromatic carbocycles. The van der Waals surface area contributed by atoms with E-state index in [1.165, 1.54) is 17.5 Å². The average molecular weight is 377 g/mol. The number of anilines is 1. The van der Waals surface area contributed by atoms with Crippen LogP contribution in [0.5, 0.6) is 5.75 Å². The van der Waals surface area contributed by atoms with Crippen molar-refractivity contribution in [2.45, 2.75) is 51.5 Å². The van der Waals surface area contributed by atoms with E-state index in [9.17, 15) is 0 Å². The number of nitrogens with one attached hydrogen (secondary N) is 1. The third-order valence-electron chi connectivity index (χ3n) is 5.53. The molecule has 0 bridgehead atoms. The fourth-order valence-electron chi connectivity index (χ4n) is 4.24. The Morgan fingerprint density at radius 2 is 1.64 bits per heavy atom. The molecule has 1 saturated carbocycles. The van der Waals surface area contributed by atoms with Crippen molar-refractivity contribution in [1.29, 1.82) is 0 Å². The molecular weight excluding hydrogens is 350 g/mol. The van der Waals surface area contributed by atoms with E-state index in [0.29, 0.717) is 0 Å². The fraction of sp³-hybridized carbons (Fsp3) is 0.409. The summed E-state index contributed by atoms with van der Waals surface area (Å²) in [6.45, 7) is 4.21. The van der Waals surface area contributed by atoms with Crippen molar-refractivity contribution in [3.05, 3.63) is 59.4 Å². The molecule has 1 fully saturated rings. The highest BCUT2D eigenvalue weighted by Gasteiger charge is 2.39. The molecule has 6 nitrogen and oxygen atoms in total. The van der Waals surface area contributed by atoms with Gasteiger partial charge in [0.15, 0.2) is 5.82 Å². The molecule has 0 saturated heterocycles. The van der Waals surface area contributed by atoms with Gasteiger partial charge in [-0.15, -0.1) is 5.10 Å². The Hall–Kier alpha value is -2.89. The van der Waals surface area contributed by atoms with Gasteiger partial charge in [-0.2, -0.15) is 4.68 Å². The summed E-state index contributed by atoms with van der Waals surface area (Å²) in [6.07, 6.45) is 5.57. The molecule has 1 aliphatic carbocycles. The minimum Gasteiger partial charge on any atom is -0.497 e. The van der Waals surface area contributed by atoms with Crippen LogP contribution in [-0.4, -0.2) is 27.3 Å². The quantitative estimate of drug-likeness (QED) is 0.706. The second-order valence-electron chi connectivity index (χ2n) is 7.76. The van der Waals surface area contributed by atoms with Crippen LogP contribution >= 0.6 is 0 Å². The molecule has 0 radical (unpaired) electrons. The zero-order valence-corrected chi connectivity index (χ0v) is 16.8. The minimum atomic E-state index is -0.284. The summed E-state index contributed by atoms with van der Waals surface area (Å²) in [6, 6.07) is 14.5. The molecule has 0 aliphatic heterocycles. The lowest BCUT2D eigenvalue weighted by atomic mass is 9.80. The molecule has 1 aliphatic rings. The maximum Gasteiger partial charge on any atom is 0.181 e. The van der Waals surface area contributed by atoms with Crippen molar-refractivity contribution in [2.75, 3.05) is 12.4 Å². The standard InChI is InChI=1S/C22H27N5O/c1-16-13-17(2)15-19(14-16)27-21(24-25-26-27)22(11-5-4-6-12-22)23-18-7-9-20(28-3)10-8-18/h7-10,13-15,23H,4-6,11-12H2,1-3H3. The Kier molecular flexibility index (Phi) is 5.03. The molecule has 3 aromatic rings. The molecule has 146 valence electrons.